The quantitative estimate of drug-likeness (QED) is 0.271. The van der Waals surface area contributed by atoms with E-state index in [9.17, 15) is 19.7 Å². The molecule has 0 unspecified atom stereocenters. The number of hydrogen-bond donors (Lipinski definition) is 0. The Balaban J connectivity index is 2.35. The lowest BCUT2D eigenvalue weighted by molar-refractivity contribution is -0.384. The van der Waals surface area contributed by atoms with Gasteiger partial charge in [0.25, 0.3) is 5.69 Å². The minimum atomic E-state index is -0.796. The number of allylic oxidation sites excluding steroid dienone is 2. The highest BCUT2D eigenvalue weighted by Gasteiger charge is 2.36. The summed E-state index contributed by atoms with van der Waals surface area (Å²) in [6.07, 6.45) is 1.27. The van der Waals surface area contributed by atoms with Crippen LogP contribution in [0.5, 0.6) is 0 Å². The molecule has 0 radical (unpaired) electrons. The summed E-state index contributed by atoms with van der Waals surface area (Å²) in [5, 5.41) is 14.6. The number of fused-ring (bicyclic) bond motifs is 1. The van der Waals surface area contributed by atoms with E-state index in [-0.39, 0.29) is 33.8 Å². The normalized spacial score (nSPS) is 13.1. The Labute approximate surface area is 145 Å². The van der Waals surface area contributed by atoms with Gasteiger partial charge in [-0.25, -0.2) is 0 Å². The van der Waals surface area contributed by atoms with Gasteiger partial charge in [0, 0.05) is 22.7 Å². The number of nitrogens with zero attached hydrogens (tertiary/aromatic N) is 5. The molecule has 3 rings (SSSR count). The SMILES string of the molecule is COC1=C(N=[N+]=[N-])C(=O)c2c(ccnc2-c2ccccc2[N+](=O)[O-])C1=O. The fourth-order valence-corrected chi connectivity index (χ4v) is 2.69. The van der Waals surface area contributed by atoms with E-state index in [4.69, 9.17) is 10.3 Å². The average Bonchev–Trinajstić information content (AvgIpc) is 2.65. The van der Waals surface area contributed by atoms with Crippen molar-refractivity contribution in [1.29, 1.82) is 0 Å². The molecule has 1 aromatic carbocycles. The second-order valence-corrected chi connectivity index (χ2v) is 5.09. The van der Waals surface area contributed by atoms with Crippen molar-refractivity contribution in [3.8, 4) is 11.3 Å². The van der Waals surface area contributed by atoms with Gasteiger partial charge in [-0.3, -0.25) is 24.7 Å². The van der Waals surface area contributed by atoms with Crippen molar-refractivity contribution in [2.24, 2.45) is 5.11 Å². The van der Waals surface area contributed by atoms with Gasteiger partial charge in [-0.1, -0.05) is 17.2 Å². The molecule has 0 spiro atoms. The molecule has 1 aliphatic carbocycles. The number of nitro benzene ring substituents is 1. The lowest BCUT2D eigenvalue weighted by atomic mass is 9.88. The molecule has 128 valence electrons. The number of carbonyl (C=O) groups excluding carboxylic acids is 2. The molecule has 0 amide bonds. The Kier molecular flexibility index (Phi) is 4.17. The van der Waals surface area contributed by atoms with Gasteiger partial charge in [0.1, 0.15) is 5.70 Å². The van der Waals surface area contributed by atoms with Gasteiger partial charge < -0.3 is 4.74 Å². The van der Waals surface area contributed by atoms with Crippen molar-refractivity contribution in [1.82, 2.24) is 4.98 Å². The molecule has 10 nitrogen and oxygen atoms in total. The number of methoxy groups -OCH3 is 1. The van der Waals surface area contributed by atoms with Crippen LogP contribution in [-0.4, -0.2) is 28.6 Å². The number of azide groups is 1. The van der Waals surface area contributed by atoms with Crippen LogP contribution < -0.4 is 0 Å². The first-order valence-corrected chi connectivity index (χ1v) is 7.16. The van der Waals surface area contributed by atoms with Crippen LogP contribution in [0.2, 0.25) is 0 Å². The Morgan fingerprint density at radius 3 is 2.58 bits per heavy atom. The monoisotopic (exact) mass is 351 g/mol. The largest absolute Gasteiger partial charge is 0.492 e. The average molecular weight is 351 g/mol. The summed E-state index contributed by atoms with van der Waals surface area (Å²) in [5.41, 5.74) is 7.71. The minimum absolute atomic E-state index is 0.0353. The maximum atomic E-state index is 12.8. The number of rotatable bonds is 4. The summed E-state index contributed by atoms with van der Waals surface area (Å²) in [7, 11) is 1.17. The number of benzene rings is 1. The second-order valence-electron chi connectivity index (χ2n) is 5.09. The topological polar surface area (TPSA) is 148 Å². The second kappa shape index (κ2) is 6.46. The van der Waals surface area contributed by atoms with Crippen molar-refractivity contribution >= 4 is 17.3 Å². The number of hydrogen-bond acceptors (Lipinski definition) is 7. The molecule has 0 bridgehead atoms. The van der Waals surface area contributed by atoms with Gasteiger partial charge in [-0.15, -0.1) is 0 Å². The van der Waals surface area contributed by atoms with Gasteiger partial charge in [0.05, 0.1) is 28.9 Å². The van der Waals surface area contributed by atoms with Crippen molar-refractivity contribution in [3.63, 3.8) is 0 Å². The first-order chi connectivity index (χ1) is 12.5. The fraction of sp³-hybridized carbons (Fsp3) is 0.0625. The van der Waals surface area contributed by atoms with E-state index in [1.807, 2.05) is 0 Å². The zero-order valence-corrected chi connectivity index (χ0v) is 13.2. The smallest absolute Gasteiger partial charge is 0.278 e. The Bertz CT molecular complexity index is 1050. The predicted molar refractivity (Wildman–Crippen MR) is 88.2 cm³/mol. The standard InChI is InChI=1S/C16H9N5O5/c1-26-16-13(19-20-17)15(23)11-9(14(16)22)6-7-18-12(11)8-4-2-3-5-10(8)21(24)25/h2-7H,1H3. The van der Waals surface area contributed by atoms with E-state index in [0.29, 0.717) is 0 Å². The highest BCUT2D eigenvalue weighted by molar-refractivity contribution is 6.27. The molecular weight excluding hydrogens is 342 g/mol. The van der Waals surface area contributed by atoms with Crippen LogP contribution in [-0.2, 0) is 4.74 Å². The lowest BCUT2D eigenvalue weighted by Gasteiger charge is -2.19. The Hall–Kier alpha value is -4.04. The summed E-state index contributed by atoms with van der Waals surface area (Å²) in [6, 6.07) is 7.00. The van der Waals surface area contributed by atoms with Crippen molar-refractivity contribution in [2.45, 2.75) is 0 Å². The van der Waals surface area contributed by atoms with Crippen LogP contribution in [0.3, 0.4) is 0 Å². The van der Waals surface area contributed by atoms with E-state index in [0.717, 1.165) is 0 Å². The number of nitro groups is 1. The molecule has 0 aliphatic heterocycles. The van der Waals surface area contributed by atoms with Crippen LogP contribution in [0.25, 0.3) is 21.7 Å². The maximum absolute atomic E-state index is 12.8. The van der Waals surface area contributed by atoms with E-state index >= 15 is 0 Å². The summed E-state index contributed by atoms with van der Waals surface area (Å²) in [5.74, 6) is -1.86. The van der Waals surface area contributed by atoms with Crippen LogP contribution in [0.15, 0.2) is 53.1 Å². The summed E-state index contributed by atoms with van der Waals surface area (Å²) < 4.78 is 4.92. The summed E-state index contributed by atoms with van der Waals surface area (Å²) >= 11 is 0. The molecule has 10 heteroatoms. The Morgan fingerprint density at radius 1 is 1.19 bits per heavy atom. The molecule has 0 fully saturated rings. The number of ether oxygens (including phenoxy) is 1. The van der Waals surface area contributed by atoms with Gasteiger partial charge in [0.15, 0.2) is 5.76 Å². The fourth-order valence-electron chi connectivity index (χ4n) is 2.69. The number of pyridine rings is 1. The van der Waals surface area contributed by atoms with Crippen LogP contribution in [0.4, 0.5) is 5.69 Å². The van der Waals surface area contributed by atoms with Crippen LogP contribution in [0, 0.1) is 10.1 Å². The van der Waals surface area contributed by atoms with Crippen LogP contribution >= 0.6 is 0 Å². The third-order valence-corrected chi connectivity index (χ3v) is 3.76. The summed E-state index contributed by atoms with van der Waals surface area (Å²) in [4.78, 5) is 42.7. The van der Waals surface area contributed by atoms with Crippen molar-refractivity contribution in [3.05, 3.63) is 79.7 Å². The van der Waals surface area contributed by atoms with Crippen molar-refractivity contribution < 1.29 is 19.2 Å². The molecule has 1 aliphatic rings. The zero-order valence-electron chi connectivity index (χ0n) is 13.2. The van der Waals surface area contributed by atoms with E-state index in [2.05, 4.69) is 15.0 Å². The minimum Gasteiger partial charge on any atom is -0.492 e. The number of para-hydroxylation sites is 1. The molecule has 26 heavy (non-hydrogen) atoms. The molecule has 0 N–H and O–H groups in total. The molecular formula is C16H9N5O5. The molecule has 1 aromatic heterocycles. The zero-order chi connectivity index (χ0) is 18.8. The number of Topliss-reactive ketones (excluding diaryl/α,β-unsaturated/α-hetero) is 2. The van der Waals surface area contributed by atoms with Gasteiger partial charge in [0.2, 0.25) is 11.6 Å². The number of aromatic nitrogens is 1. The van der Waals surface area contributed by atoms with E-state index in [1.165, 1.54) is 37.6 Å². The number of ketones is 2. The van der Waals surface area contributed by atoms with E-state index < -0.39 is 22.2 Å². The van der Waals surface area contributed by atoms with Gasteiger partial charge in [-0.05, 0) is 17.7 Å². The first kappa shape index (κ1) is 16.8. The highest BCUT2D eigenvalue weighted by Crippen LogP contribution is 2.36. The maximum Gasteiger partial charge on any atom is 0.278 e. The lowest BCUT2D eigenvalue weighted by Crippen LogP contribution is -2.23. The molecule has 0 saturated heterocycles. The highest BCUT2D eigenvalue weighted by atomic mass is 16.6. The molecule has 0 atom stereocenters. The third-order valence-electron chi connectivity index (χ3n) is 3.76. The summed E-state index contributed by atoms with van der Waals surface area (Å²) in [6.45, 7) is 0. The molecule has 1 heterocycles. The molecule has 0 saturated carbocycles. The first-order valence-electron chi connectivity index (χ1n) is 7.16. The van der Waals surface area contributed by atoms with Crippen LogP contribution in [0.1, 0.15) is 20.7 Å². The van der Waals surface area contributed by atoms with Gasteiger partial charge >= 0.3 is 0 Å². The third kappa shape index (κ3) is 2.46. The van der Waals surface area contributed by atoms with Gasteiger partial charge in [-0.2, -0.15) is 0 Å². The number of carbonyl (C=O) groups is 2. The van der Waals surface area contributed by atoms with E-state index in [1.54, 1.807) is 6.07 Å². The predicted octanol–water partition coefficient (Wildman–Crippen LogP) is 3.20. The Morgan fingerprint density at radius 2 is 1.92 bits per heavy atom. The van der Waals surface area contributed by atoms with Crippen molar-refractivity contribution in [2.75, 3.05) is 7.11 Å². The molecule has 2 aromatic rings.